The highest BCUT2D eigenvalue weighted by Gasteiger charge is 2.34. The number of benzene rings is 1. The average Bonchev–Trinajstić information content (AvgIpc) is 2.66. The molecule has 1 heterocycles. The Labute approximate surface area is 173 Å². The highest BCUT2D eigenvalue weighted by atomic mass is 32.2. The number of hydrogen-bond acceptors (Lipinski definition) is 2. The molecule has 0 amide bonds. The summed E-state index contributed by atoms with van der Waals surface area (Å²) in [6, 6.07) is 8.71. The van der Waals surface area contributed by atoms with Crippen LogP contribution < -0.4 is 0 Å². The van der Waals surface area contributed by atoms with E-state index < -0.39 is 10.0 Å². The lowest BCUT2D eigenvalue weighted by Gasteiger charge is -2.41. The van der Waals surface area contributed by atoms with Gasteiger partial charge in [0.25, 0.3) is 0 Å². The van der Waals surface area contributed by atoms with Crippen molar-refractivity contribution in [1.29, 1.82) is 0 Å². The van der Waals surface area contributed by atoms with Crippen LogP contribution in [0.15, 0.2) is 24.3 Å². The average molecular weight is 410 g/mol. The van der Waals surface area contributed by atoms with Crippen LogP contribution in [0.3, 0.4) is 0 Å². The largest absolute Gasteiger partial charge is 0.320 e. The topological polar surface area (TPSA) is 37.4 Å². The van der Waals surface area contributed by atoms with Crippen molar-refractivity contribution in [3.8, 4) is 0 Å². The number of hydrogen-bond donors (Lipinski definition) is 0. The second kappa shape index (κ2) is 11.3. The normalized spacial score (nSPS) is 17.7. The summed E-state index contributed by atoms with van der Waals surface area (Å²) in [5.41, 5.74) is 2.62. The summed E-state index contributed by atoms with van der Waals surface area (Å²) < 4.78 is 28.0. The van der Waals surface area contributed by atoms with Crippen LogP contribution in [0.25, 0.3) is 0 Å². The minimum Gasteiger partial charge on any atom is -0.320 e. The van der Waals surface area contributed by atoms with Gasteiger partial charge in [0, 0.05) is 5.56 Å². The number of piperazine rings is 1. The minimum atomic E-state index is -3.09. The van der Waals surface area contributed by atoms with Crippen LogP contribution in [0, 0.1) is 6.92 Å². The molecule has 5 heteroatoms. The van der Waals surface area contributed by atoms with E-state index in [0.717, 1.165) is 37.0 Å². The standard InChI is InChI=1S/C23H41N2O2S/c1-4-5-6-7-8-9-10-11-20-28(26,27)24-16-18-25(3,19-17-24)21-23-14-12-22(2)13-15-23/h12-15H,4-11,16-21H2,1-3H3/q+1. The van der Waals surface area contributed by atoms with E-state index in [1.165, 1.54) is 49.7 Å². The number of likely N-dealkylation sites (N-methyl/N-ethyl adjacent to an activating group) is 1. The highest BCUT2D eigenvalue weighted by Crippen LogP contribution is 2.19. The van der Waals surface area contributed by atoms with Gasteiger partial charge in [0.15, 0.2) is 0 Å². The quantitative estimate of drug-likeness (QED) is 0.370. The molecule has 1 aliphatic heterocycles. The Hall–Kier alpha value is -0.910. The molecule has 160 valence electrons. The third kappa shape index (κ3) is 7.84. The molecule has 1 aromatic carbocycles. The van der Waals surface area contributed by atoms with E-state index in [2.05, 4.69) is 45.2 Å². The van der Waals surface area contributed by atoms with Gasteiger partial charge < -0.3 is 4.48 Å². The molecule has 2 rings (SSSR count). The Morgan fingerprint density at radius 1 is 0.893 bits per heavy atom. The molecule has 0 bridgehead atoms. The summed E-state index contributed by atoms with van der Waals surface area (Å²) in [7, 11) is -0.838. The van der Waals surface area contributed by atoms with E-state index in [1.807, 2.05) is 0 Å². The van der Waals surface area contributed by atoms with E-state index in [4.69, 9.17) is 0 Å². The van der Waals surface area contributed by atoms with Crippen molar-refractivity contribution < 1.29 is 12.9 Å². The molecule has 4 nitrogen and oxygen atoms in total. The van der Waals surface area contributed by atoms with E-state index in [0.29, 0.717) is 18.8 Å². The highest BCUT2D eigenvalue weighted by molar-refractivity contribution is 7.89. The lowest BCUT2D eigenvalue weighted by atomic mass is 10.1. The van der Waals surface area contributed by atoms with Gasteiger partial charge in [0.2, 0.25) is 10.0 Å². The molecule has 0 spiro atoms. The summed E-state index contributed by atoms with van der Waals surface area (Å²) >= 11 is 0. The SMILES string of the molecule is CCCCCCCCCCS(=O)(=O)N1CC[N+](C)(Cc2ccc(C)cc2)CC1. The smallest absolute Gasteiger partial charge is 0.214 e. The molecular formula is C23H41N2O2S+. The van der Waals surface area contributed by atoms with E-state index in [1.54, 1.807) is 4.31 Å². The van der Waals surface area contributed by atoms with E-state index >= 15 is 0 Å². The first-order valence-electron chi connectivity index (χ1n) is 11.2. The van der Waals surface area contributed by atoms with Gasteiger partial charge in [-0.2, -0.15) is 4.31 Å². The fourth-order valence-corrected chi connectivity index (χ4v) is 5.59. The van der Waals surface area contributed by atoms with Crippen molar-refractivity contribution >= 4 is 10.0 Å². The zero-order valence-corrected chi connectivity index (χ0v) is 19.1. The summed E-state index contributed by atoms with van der Waals surface area (Å²) in [5.74, 6) is 0.323. The van der Waals surface area contributed by atoms with Gasteiger partial charge >= 0.3 is 0 Å². The fraction of sp³-hybridized carbons (Fsp3) is 0.739. The van der Waals surface area contributed by atoms with Gasteiger partial charge in [-0.15, -0.1) is 0 Å². The molecule has 0 atom stereocenters. The second-order valence-electron chi connectivity index (χ2n) is 8.90. The van der Waals surface area contributed by atoms with Crippen LogP contribution in [0.1, 0.15) is 69.4 Å². The van der Waals surface area contributed by atoms with Crippen molar-refractivity contribution in [3.63, 3.8) is 0 Å². The molecular weight excluding hydrogens is 368 g/mol. The van der Waals surface area contributed by atoms with Gasteiger partial charge in [-0.05, 0) is 13.3 Å². The molecule has 1 fully saturated rings. The number of nitrogens with zero attached hydrogens (tertiary/aromatic N) is 2. The van der Waals surface area contributed by atoms with Gasteiger partial charge in [0.05, 0.1) is 39.0 Å². The molecule has 1 saturated heterocycles. The van der Waals surface area contributed by atoms with Crippen LogP contribution in [-0.2, 0) is 16.6 Å². The number of rotatable bonds is 12. The van der Waals surface area contributed by atoms with Crippen molar-refractivity contribution in [2.75, 3.05) is 39.0 Å². The molecule has 0 N–H and O–H groups in total. The molecule has 0 aliphatic carbocycles. The summed E-state index contributed by atoms with van der Waals surface area (Å²) in [6.07, 6.45) is 9.49. The maximum atomic E-state index is 12.7. The Morgan fingerprint density at radius 2 is 1.43 bits per heavy atom. The van der Waals surface area contributed by atoms with E-state index in [-0.39, 0.29) is 0 Å². The lowest BCUT2D eigenvalue weighted by Crippen LogP contribution is -2.57. The molecule has 0 unspecified atom stereocenters. The summed E-state index contributed by atoms with van der Waals surface area (Å²) in [5, 5.41) is 0. The number of quaternary nitrogens is 1. The first-order valence-corrected chi connectivity index (χ1v) is 12.8. The number of sulfonamides is 1. The van der Waals surface area contributed by atoms with Gasteiger partial charge in [-0.25, -0.2) is 8.42 Å². The Bertz CT molecular complexity index is 662. The predicted octanol–water partition coefficient (Wildman–Crippen LogP) is 4.73. The van der Waals surface area contributed by atoms with Crippen LogP contribution in [0.2, 0.25) is 0 Å². The van der Waals surface area contributed by atoms with Gasteiger partial charge in [-0.1, -0.05) is 81.7 Å². The van der Waals surface area contributed by atoms with Crippen LogP contribution in [-0.4, -0.2) is 56.2 Å². The van der Waals surface area contributed by atoms with Crippen molar-refractivity contribution in [2.24, 2.45) is 0 Å². The Morgan fingerprint density at radius 3 is 2.00 bits per heavy atom. The maximum Gasteiger partial charge on any atom is 0.214 e. The third-order valence-corrected chi connectivity index (χ3v) is 8.07. The molecule has 28 heavy (non-hydrogen) atoms. The van der Waals surface area contributed by atoms with Crippen molar-refractivity contribution in [3.05, 3.63) is 35.4 Å². The molecule has 1 aromatic rings. The second-order valence-corrected chi connectivity index (χ2v) is 11.0. The molecule has 0 saturated carbocycles. The maximum absolute atomic E-state index is 12.7. The zero-order chi connectivity index (χ0) is 20.5. The number of aryl methyl sites for hydroxylation is 1. The summed E-state index contributed by atoms with van der Waals surface area (Å²) in [4.78, 5) is 0. The first-order chi connectivity index (χ1) is 13.3. The van der Waals surface area contributed by atoms with Gasteiger partial charge in [-0.3, -0.25) is 0 Å². The van der Waals surface area contributed by atoms with Crippen LogP contribution in [0.5, 0.6) is 0 Å². The first kappa shape index (κ1) is 23.4. The molecule has 1 aliphatic rings. The van der Waals surface area contributed by atoms with Crippen LogP contribution in [0.4, 0.5) is 0 Å². The monoisotopic (exact) mass is 409 g/mol. The zero-order valence-electron chi connectivity index (χ0n) is 18.3. The summed E-state index contributed by atoms with van der Waals surface area (Å²) in [6.45, 7) is 8.41. The van der Waals surface area contributed by atoms with Gasteiger partial charge in [0.1, 0.15) is 6.54 Å². The van der Waals surface area contributed by atoms with Crippen molar-refractivity contribution in [1.82, 2.24) is 4.31 Å². The Kier molecular flexibility index (Phi) is 9.45. The third-order valence-electron chi connectivity index (χ3n) is 6.11. The number of unbranched alkanes of at least 4 members (excludes halogenated alkanes) is 7. The van der Waals surface area contributed by atoms with Crippen molar-refractivity contribution in [2.45, 2.75) is 71.8 Å². The molecule has 0 radical (unpaired) electrons. The minimum absolute atomic E-state index is 0.323. The predicted molar refractivity (Wildman–Crippen MR) is 119 cm³/mol. The molecule has 0 aromatic heterocycles. The van der Waals surface area contributed by atoms with E-state index in [9.17, 15) is 8.42 Å². The lowest BCUT2D eigenvalue weighted by molar-refractivity contribution is -0.925. The fourth-order valence-electron chi connectivity index (χ4n) is 4.05. The van der Waals surface area contributed by atoms with Crippen LogP contribution >= 0.6 is 0 Å². The Balaban J connectivity index is 1.69.